The summed E-state index contributed by atoms with van der Waals surface area (Å²) in [6, 6.07) is 23.2. The third-order valence-electron chi connectivity index (χ3n) is 5.49. The van der Waals surface area contributed by atoms with Crippen molar-refractivity contribution >= 4 is 11.9 Å². The summed E-state index contributed by atoms with van der Waals surface area (Å²) in [5.74, 6) is 0.253. The monoisotopic (exact) mass is 487 g/mol. The minimum atomic E-state index is -0.469. The fourth-order valence-corrected chi connectivity index (χ4v) is 3.14. The van der Waals surface area contributed by atoms with Crippen LogP contribution in [0.3, 0.4) is 0 Å². The molecule has 0 saturated heterocycles. The molecule has 0 N–H and O–H groups in total. The zero-order valence-corrected chi connectivity index (χ0v) is 20.4. The van der Waals surface area contributed by atoms with E-state index in [0.717, 1.165) is 17.5 Å². The molecule has 0 aliphatic heterocycles. The Balaban J connectivity index is 1.39. The molecule has 1 unspecified atom stereocenters. The van der Waals surface area contributed by atoms with Crippen molar-refractivity contribution in [1.29, 1.82) is 5.26 Å². The van der Waals surface area contributed by atoms with Crippen molar-refractivity contribution in [1.82, 2.24) is 0 Å². The summed E-state index contributed by atoms with van der Waals surface area (Å²) in [5, 5.41) is 8.91. The number of esters is 2. The van der Waals surface area contributed by atoms with Gasteiger partial charge in [0.05, 0.1) is 36.3 Å². The van der Waals surface area contributed by atoms with Crippen LogP contribution in [0.2, 0.25) is 0 Å². The molecule has 0 aromatic heterocycles. The molecule has 0 spiro atoms. The quantitative estimate of drug-likeness (QED) is 0.191. The van der Waals surface area contributed by atoms with Crippen LogP contribution in [0.25, 0.3) is 11.1 Å². The maximum Gasteiger partial charge on any atom is 0.343 e. The van der Waals surface area contributed by atoms with Crippen molar-refractivity contribution in [3.8, 4) is 28.7 Å². The van der Waals surface area contributed by atoms with Gasteiger partial charge in [0.25, 0.3) is 0 Å². The second kappa shape index (κ2) is 13.7. The fourth-order valence-electron chi connectivity index (χ4n) is 3.14. The van der Waals surface area contributed by atoms with E-state index in [1.54, 1.807) is 48.5 Å². The van der Waals surface area contributed by atoms with Crippen molar-refractivity contribution in [3.63, 3.8) is 0 Å². The molecule has 7 heteroatoms. The predicted molar refractivity (Wildman–Crippen MR) is 135 cm³/mol. The van der Waals surface area contributed by atoms with Crippen molar-refractivity contribution in [2.45, 2.75) is 20.3 Å². The van der Waals surface area contributed by atoms with E-state index in [2.05, 4.69) is 6.07 Å². The van der Waals surface area contributed by atoms with Gasteiger partial charge in [0.15, 0.2) is 0 Å². The highest BCUT2D eigenvalue weighted by molar-refractivity contribution is 5.91. The molecule has 7 nitrogen and oxygen atoms in total. The maximum absolute atomic E-state index is 12.5. The summed E-state index contributed by atoms with van der Waals surface area (Å²) < 4.78 is 21.6. The Morgan fingerprint density at radius 3 is 2.00 bits per heavy atom. The number of benzene rings is 3. The van der Waals surface area contributed by atoms with E-state index in [1.807, 2.05) is 38.1 Å². The molecule has 3 rings (SSSR count). The zero-order valence-electron chi connectivity index (χ0n) is 20.4. The number of carbonyl (C=O) groups excluding carboxylic acids is 2. The lowest BCUT2D eigenvalue weighted by molar-refractivity contribution is -0.149. The van der Waals surface area contributed by atoms with E-state index in [9.17, 15) is 9.59 Å². The number of carbonyl (C=O) groups is 2. The highest BCUT2D eigenvalue weighted by Gasteiger charge is 2.11. The third kappa shape index (κ3) is 7.97. The number of ether oxygens (including phenoxy) is 4. The highest BCUT2D eigenvalue weighted by atomic mass is 16.6. The van der Waals surface area contributed by atoms with Gasteiger partial charge in [-0.1, -0.05) is 38.1 Å². The van der Waals surface area contributed by atoms with Crippen molar-refractivity contribution in [3.05, 3.63) is 83.9 Å². The van der Waals surface area contributed by atoms with E-state index in [4.69, 9.17) is 24.2 Å². The number of nitrogens with zero attached hydrogens (tertiary/aromatic N) is 1. The largest absolute Gasteiger partial charge is 0.491 e. The van der Waals surface area contributed by atoms with E-state index < -0.39 is 5.97 Å². The van der Waals surface area contributed by atoms with Gasteiger partial charge in [-0.25, -0.2) is 4.79 Å². The van der Waals surface area contributed by atoms with Crippen LogP contribution in [-0.4, -0.2) is 38.4 Å². The van der Waals surface area contributed by atoms with Crippen molar-refractivity contribution < 1.29 is 28.5 Å². The summed E-state index contributed by atoms with van der Waals surface area (Å²) >= 11 is 0. The summed E-state index contributed by atoms with van der Waals surface area (Å²) in [7, 11) is 0. The molecule has 3 aromatic rings. The van der Waals surface area contributed by atoms with Crippen LogP contribution in [0.1, 0.15) is 36.2 Å². The minimum absolute atomic E-state index is 0.103. The molecule has 0 aliphatic carbocycles. The minimum Gasteiger partial charge on any atom is -0.491 e. The molecule has 0 radical (unpaired) electrons. The fraction of sp³-hybridized carbons (Fsp3) is 0.276. The van der Waals surface area contributed by atoms with Gasteiger partial charge in [-0.3, -0.25) is 4.79 Å². The van der Waals surface area contributed by atoms with Gasteiger partial charge in [0.2, 0.25) is 0 Å². The van der Waals surface area contributed by atoms with E-state index in [0.29, 0.717) is 42.4 Å². The number of hydrogen-bond donors (Lipinski definition) is 0. The number of hydrogen-bond acceptors (Lipinski definition) is 7. The van der Waals surface area contributed by atoms with Gasteiger partial charge in [0, 0.05) is 0 Å². The van der Waals surface area contributed by atoms with Gasteiger partial charge in [-0.15, -0.1) is 0 Å². The predicted octanol–water partition coefficient (Wildman–Crippen LogP) is 5.43. The first kappa shape index (κ1) is 26.5. The molecular formula is C29H29NO6. The van der Waals surface area contributed by atoms with E-state index in [1.165, 1.54) is 0 Å². The molecule has 0 bridgehead atoms. The first-order valence-electron chi connectivity index (χ1n) is 11.8. The van der Waals surface area contributed by atoms with E-state index >= 15 is 0 Å². The average Bonchev–Trinajstić information content (AvgIpc) is 2.92. The first-order chi connectivity index (χ1) is 17.5. The van der Waals surface area contributed by atoms with Gasteiger partial charge in [-0.05, 0) is 66.1 Å². The molecule has 0 heterocycles. The average molecular weight is 488 g/mol. The lowest BCUT2D eigenvalue weighted by atomic mass is 10.0. The normalized spacial score (nSPS) is 11.2. The first-order valence-corrected chi connectivity index (χ1v) is 11.8. The zero-order chi connectivity index (χ0) is 25.8. The standard InChI is InChI=1S/C29H29NO6/c1-3-21(2)28(31)35-19-17-33-16-18-34-26-12-10-25(11-13-26)29(32)36-27-14-8-24(9-15-27)23-6-4-22(20-30)5-7-23/h4-15,21H,3,16-19H2,1-2H3. The summed E-state index contributed by atoms with van der Waals surface area (Å²) in [5.41, 5.74) is 2.93. The third-order valence-corrected chi connectivity index (χ3v) is 5.49. The second-order valence-corrected chi connectivity index (χ2v) is 8.07. The Hall–Kier alpha value is -4.15. The van der Waals surface area contributed by atoms with Crippen LogP contribution in [0.4, 0.5) is 0 Å². The topological polar surface area (TPSA) is 94.8 Å². The highest BCUT2D eigenvalue weighted by Crippen LogP contribution is 2.23. The van der Waals surface area contributed by atoms with Crippen LogP contribution < -0.4 is 9.47 Å². The van der Waals surface area contributed by atoms with Crippen LogP contribution in [0.15, 0.2) is 72.8 Å². The molecule has 0 amide bonds. The summed E-state index contributed by atoms with van der Waals surface area (Å²) in [6.07, 6.45) is 0.748. The van der Waals surface area contributed by atoms with Crippen molar-refractivity contribution in [2.75, 3.05) is 26.4 Å². The van der Waals surface area contributed by atoms with Crippen LogP contribution in [0, 0.1) is 17.2 Å². The van der Waals surface area contributed by atoms with E-state index in [-0.39, 0.29) is 18.5 Å². The Morgan fingerprint density at radius 2 is 1.39 bits per heavy atom. The second-order valence-electron chi connectivity index (χ2n) is 8.07. The Labute approximate surface area is 211 Å². The molecule has 0 saturated carbocycles. The van der Waals surface area contributed by atoms with Gasteiger partial charge in [-0.2, -0.15) is 5.26 Å². The number of rotatable bonds is 12. The molecule has 0 aliphatic rings. The summed E-state index contributed by atoms with van der Waals surface area (Å²) in [6.45, 7) is 4.98. The van der Waals surface area contributed by atoms with Crippen LogP contribution in [0.5, 0.6) is 11.5 Å². The lowest BCUT2D eigenvalue weighted by Crippen LogP contribution is -2.18. The van der Waals surface area contributed by atoms with Gasteiger partial charge >= 0.3 is 11.9 Å². The molecule has 0 fully saturated rings. The molecule has 36 heavy (non-hydrogen) atoms. The van der Waals surface area contributed by atoms with Gasteiger partial charge in [0.1, 0.15) is 24.7 Å². The Kier molecular flexibility index (Phi) is 10.0. The van der Waals surface area contributed by atoms with Crippen LogP contribution >= 0.6 is 0 Å². The van der Waals surface area contributed by atoms with Crippen LogP contribution in [-0.2, 0) is 14.3 Å². The van der Waals surface area contributed by atoms with Gasteiger partial charge < -0.3 is 18.9 Å². The SMILES string of the molecule is CCC(C)C(=O)OCCOCCOc1ccc(C(=O)Oc2ccc(-c3ccc(C#N)cc3)cc2)cc1. The maximum atomic E-state index is 12.5. The summed E-state index contributed by atoms with van der Waals surface area (Å²) in [4.78, 5) is 24.0. The Morgan fingerprint density at radius 1 is 0.806 bits per heavy atom. The lowest BCUT2D eigenvalue weighted by Gasteiger charge is -2.10. The Bertz CT molecular complexity index is 1160. The van der Waals surface area contributed by atoms with Crippen molar-refractivity contribution in [2.24, 2.45) is 5.92 Å². The smallest absolute Gasteiger partial charge is 0.343 e. The molecule has 1 atom stereocenters. The molecule has 3 aromatic carbocycles. The molecular weight excluding hydrogens is 458 g/mol. The molecule has 186 valence electrons. The number of nitriles is 1.